The number of morpholine rings is 1. The van der Waals surface area contributed by atoms with Crippen LogP contribution in [0.25, 0.3) is 0 Å². The molecule has 0 spiro atoms. The molecule has 14 heavy (non-hydrogen) atoms. The van der Waals surface area contributed by atoms with E-state index in [0.717, 1.165) is 25.3 Å². The van der Waals surface area contributed by atoms with Gasteiger partial charge in [0.1, 0.15) is 0 Å². The first-order valence-corrected chi connectivity index (χ1v) is 4.78. The van der Waals surface area contributed by atoms with Gasteiger partial charge in [0.25, 0.3) is 0 Å². The van der Waals surface area contributed by atoms with E-state index < -0.39 is 0 Å². The SMILES string of the molecule is C#Cc1cccc([C@H]2COCCN2)c1. The van der Waals surface area contributed by atoms with Gasteiger partial charge >= 0.3 is 0 Å². The first-order chi connectivity index (χ1) is 6.90. The summed E-state index contributed by atoms with van der Waals surface area (Å²) >= 11 is 0. The zero-order chi connectivity index (χ0) is 9.80. The second kappa shape index (κ2) is 4.28. The van der Waals surface area contributed by atoms with Gasteiger partial charge in [0, 0.05) is 12.1 Å². The van der Waals surface area contributed by atoms with Gasteiger partial charge in [-0.15, -0.1) is 6.42 Å². The van der Waals surface area contributed by atoms with Crippen LogP contribution in [0.1, 0.15) is 17.2 Å². The molecule has 1 N–H and O–H groups in total. The molecule has 0 aliphatic carbocycles. The standard InChI is InChI=1S/C12H13NO/c1-2-10-4-3-5-11(8-10)12-9-14-7-6-13-12/h1,3-5,8,12-13H,6-7,9H2/t12-/m1/s1. The lowest BCUT2D eigenvalue weighted by Crippen LogP contribution is -2.34. The van der Waals surface area contributed by atoms with E-state index in [1.807, 2.05) is 18.2 Å². The largest absolute Gasteiger partial charge is 0.378 e. The van der Waals surface area contributed by atoms with Gasteiger partial charge in [0.05, 0.1) is 19.3 Å². The quantitative estimate of drug-likeness (QED) is 0.670. The number of ether oxygens (including phenoxy) is 1. The van der Waals surface area contributed by atoms with Crippen LogP contribution in [0.4, 0.5) is 0 Å². The highest BCUT2D eigenvalue weighted by atomic mass is 16.5. The van der Waals surface area contributed by atoms with Gasteiger partial charge in [-0.2, -0.15) is 0 Å². The molecule has 0 amide bonds. The number of nitrogens with one attached hydrogen (secondary N) is 1. The van der Waals surface area contributed by atoms with Gasteiger partial charge < -0.3 is 10.1 Å². The van der Waals surface area contributed by atoms with Crippen molar-refractivity contribution >= 4 is 0 Å². The Morgan fingerprint density at radius 2 is 2.43 bits per heavy atom. The van der Waals surface area contributed by atoms with Crippen LogP contribution < -0.4 is 5.32 Å². The monoisotopic (exact) mass is 187 g/mol. The molecule has 2 rings (SSSR count). The summed E-state index contributed by atoms with van der Waals surface area (Å²) in [5.41, 5.74) is 2.13. The Hall–Kier alpha value is -1.30. The minimum atomic E-state index is 0.289. The summed E-state index contributed by atoms with van der Waals surface area (Å²) in [7, 11) is 0. The molecule has 1 aliphatic rings. The number of hydrogen-bond acceptors (Lipinski definition) is 2. The molecule has 1 fully saturated rings. The molecular formula is C12H13NO. The first kappa shape index (κ1) is 9.26. The maximum atomic E-state index is 5.40. The number of hydrogen-bond donors (Lipinski definition) is 1. The van der Waals surface area contributed by atoms with Crippen molar-refractivity contribution in [2.24, 2.45) is 0 Å². The summed E-state index contributed by atoms with van der Waals surface area (Å²) in [6, 6.07) is 8.32. The molecular weight excluding hydrogens is 174 g/mol. The molecule has 1 saturated heterocycles. The van der Waals surface area contributed by atoms with Crippen molar-refractivity contribution in [3.63, 3.8) is 0 Å². The summed E-state index contributed by atoms with van der Waals surface area (Å²) in [6.45, 7) is 2.43. The minimum Gasteiger partial charge on any atom is -0.378 e. The molecule has 1 aromatic rings. The molecule has 1 aromatic carbocycles. The molecule has 0 radical (unpaired) electrons. The second-order valence-electron chi connectivity index (χ2n) is 3.35. The maximum absolute atomic E-state index is 5.40. The van der Waals surface area contributed by atoms with E-state index in [2.05, 4.69) is 17.3 Å². The Bertz CT molecular complexity index is 348. The van der Waals surface area contributed by atoms with Crippen LogP contribution >= 0.6 is 0 Å². The molecule has 1 heterocycles. The van der Waals surface area contributed by atoms with Crippen molar-refractivity contribution in [1.29, 1.82) is 0 Å². The van der Waals surface area contributed by atoms with Gasteiger partial charge in [-0.3, -0.25) is 0 Å². The highest BCUT2D eigenvalue weighted by Gasteiger charge is 2.14. The third-order valence-electron chi connectivity index (χ3n) is 2.38. The van der Waals surface area contributed by atoms with E-state index in [9.17, 15) is 0 Å². The number of benzene rings is 1. The van der Waals surface area contributed by atoms with Crippen LogP contribution in [0.3, 0.4) is 0 Å². The lowest BCUT2D eigenvalue weighted by atomic mass is 10.0. The molecule has 72 valence electrons. The van der Waals surface area contributed by atoms with E-state index in [4.69, 9.17) is 11.2 Å². The van der Waals surface area contributed by atoms with Crippen molar-refractivity contribution in [2.75, 3.05) is 19.8 Å². The van der Waals surface area contributed by atoms with Crippen LogP contribution in [0, 0.1) is 12.3 Å². The Morgan fingerprint density at radius 3 is 3.14 bits per heavy atom. The van der Waals surface area contributed by atoms with Gasteiger partial charge in [-0.1, -0.05) is 18.1 Å². The van der Waals surface area contributed by atoms with Gasteiger partial charge in [-0.25, -0.2) is 0 Å². The fourth-order valence-corrected chi connectivity index (χ4v) is 1.62. The number of rotatable bonds is 1. The molecule has 2 nitrogen and oxygen atoms in total. The maximum Gasteiger partial charge on any atom is 0.0662 e. The van der Waals surface area contributed by atoms with Crippen LogP contribution in [0.2, 0.25) is 0 Å². The molecule has 1 atom stereocenters. The van der Waals surface area contributed by atoms with E-state index >= 15 is 0 Å². The third kappa shape index (κ3) is 1.95. The summed E-state index contributed by atoms with van der Waals surface area (Å²) < 4.78 is 5.40. The van der Waals surface area contributed by atoms with Gasteiger partial charge in [0.2, 0.25) is 0 Å². The van der Waals surface area contributed by atoms with Crippen LogP contribution in [-0.2, 0) is 4.74 Å². The van der Waals surface area contributed by atoms with Gasteiger partial charge in [-0.05, 0) is 17.7 Å². The van der Waals surface area contributed by atoms with E-state index in [0.29, 0.717) is 0 Å². The summed E-state index contributed by atoms with van der Waals surface area (Å²) in [4.78, 5) is 0. The minimum absolute atomic E-state index is 0.289. The molecule has 0 aromatic heterocycles. The number of terminal acetylenes is 1. The van der Waals surface area contributed by atoms with Gasteiger partial charge in [0.15, 0.2) is 0 Å². The van der Waals surface area contributed by atoms with Crippen LogP contribution in [0.15, 0.2) is 24.3 Å². The smallest absolute Gasteiger partial charge is 0.0662 e. The Labute approximate surface area is 84.3 Å². The molecule has 0 unspecified atom stereocenters. The average Bonchev–Trinajstić information content (AvgIpc) is 2.30. The van der Waals surface area contributed by atoms with E-state index in [-0.39, 0.29) is 6.04 Å². The topological polar surface area (TPSA) is 21.3 Å². The predicted molar refractivity (Wildman–Crippen MR) is 55.9 cm³/mol. The molecule has 2 heteroatoms. The molecule has 0 saturated carbocycles. The zero-order valence-electron chi connectivity index (χ0n) is 7.99. The second-order valence-corrected chi connectivity index (χ2v) is 3.35. The van der Waals surface area contributed by atoms with Crippen molar-refractivity contribution < 1.29 is 4.74 Å². The normalized spacial score (nSPS) is 21.5. The van der Waals surface area contributed by atoms with Crippen molar-refractivity contribution in [1.82, 2.24) is 5.32 Å². The summed E-state index contributed by atoms with van der Waals surface area (Å²) in [6.07, 6.45) is 5.35. The lowest BCUT2D eigenvalue weighted by molar-refractivity contribution is 0.0769. The van der Waals surface area contributed by atoms with E-state index in [1.54, 1.807) is 0 Å². The summed E-state index contributed by atoms with van der Waals surface area (Å²) in [5.74, 6) is 2.64. The Balaban J connectivity index is 2.18. The average molecular weight is 187 g/mol. The Kier molecular flexibility index (Phi) is 2.83. The summed E-state index contributed by atoms with van der Waals surface area (Å²) in [5, 5.41) is 3.39. The first-order valence-electron chi connectivity index (χ1n) is 4.78. The zero-order valence-corrected chi connectivity index (χ0v) is 7.99. The predicted octanol–water partition coefficient (Wildman–Crippen LogP) is 1.33. The highest BCUT2D eigenvalue weighted by Crippen LogP contribution is 2.16. The van der Waals surface area contributed by atoms with Crippen molar-refractivity contribution in [3.05, 3.63) is 35.4 Å². The third-order valence-corrected chi connectivity index (χ3v) is 2.38. The van der Waals surface area contributed by atoms with Crippen LogP contribution in [-0.4, -0.2) is 19.8 Å². The Morgan fingerprint density at radius 1 is 1.50 bits per heavy atom. The fourth-order valence-electron chi connectivity index (χ4n) is 1.62. The van der Waals surface area contributed by atoms with Crippen molar-refractivity contribution in [2.45, 2.75) is 6.04 Å². The molecule has 1 aliphatic heterocycles. The lowest BCUT2D eigenvalue weighted by Gasteiger charge is -2.24. The van der Waals surface area contributed by atoms with Crippen LogP contribution in [0.5, 0.6) is 0 Å². The highest BCUT2D eigenvalue weighted by molar-refractivity contribution is 5.36. The van der Waals surface area contributed by atoms with E-state index in [1.165, 1.54) is 5.56 Å². The fraction of sp³-hybridized carbons (Fsp3) is 0.333. The van der Waals surface area contributed by atoms with Crippen molar-refractivity contribution in [3.8, 4) is 12.3 Å². The molecule has 0 bridgehead atoms.